The summed E-state index contributed by atoms with van der Waals surface area (Å²) in [4.78, 5) is 29.8. The van der Waals surface area contributed by atoms with Gasteiger partial charge in [0.1, 0.15) is 0 Å². The number of aromatic nitrogens is 1. The van der Waals surface area contributed by atoms with Gasteiger partial charge in [-0.1, -0.05) is 36.4 Å². The van der Waals surface area contributed by atoms with Gasteiger partial charge in [0, 0.05) is 60.7 Å². The van der Waals surface area contributed by atoms with Crippen molar-refractivity contribution < 1.29 is 23.8 Å². The molecular formula is C30H31N3O5. The number of rotatable bonds is 8. The fourth-order valence-corrected chi connectivity index (χ4v) is 5.40. The molecule has 0 radical (unpaired) electrons. The SMILES string of the molecule is COCCN1C(=O)c2ccccc2[C@@H](C(=O)Nc2ccc(OC)c(OC)c2)[C@H]1c1cn(C)c2ccccc12. The summed E-state index contributed by atoms with van der Waals surface area (Å²) in [6.45, 7) is 0.691. The van der Waals surface area contributed by atoms with Crippen molar-refractivity contribution in [1.29, 1.82) is 0 Å². The Labute approximate surface area is 221 Å². The lowest BCUT2D eigenvalue weighted by molar-refractivity contribution is -0.119. The number of ether oxygens (including phenoxy) is 3. The molecule has 8 heteroatoms. The van der Waals surface area contributed by atoms with Crippen LogP contribution in [0.25, 0.3) is 10.9 Å². The summed E-state index contributed by atoms with van der Waals surface area (Å²) in [5, 5.41) is 4.07. The number of para-hydroxylation sites is 1. The minimum Gasteiger partial charge on any atom is -0.493 e. The summed E-state index contributed by atoms with van der Waals surface area (Å²) in [6, 6.07) is 20.1. The average Bonchev–Trinajstić information content (AvgIpc) is 3.28. The molecule has 1 aromatic heterocycles. The molecule has 0 unspecified atom stereocenters. The standard InChI is InChI=1S/C30H31N3O5/c1-32-18-23(20-9-7-8-12-24(20)32)28-27(29(34)31-19-13-14-25(37-3)26(17-19)38-4)21-10-5-6-11-22(21)30(35)33(28)15-16-36-2/h5-14,17-18,27-28H,15-16H2,1-4H3,(H,31,34)/t27-,28-/m1/s1. The zero-order chi connectivity index (χ0) is 26.8. The maximum absolute atomic E-state index is 14.2. The van der Waals surface area contributed by atoms with Gasteiger partial charge < -0.3 is 29.0 Å². The van der Waals surface area contributed by atoms with Crippen molar-refractivity contribution in [3.8, 4) is 11.5 Å². The summed E-state index contributed by atoms with van der Waals surface area (Å²) >= 11 is 0. The van der Waals surface area contributed by atoms with Crippen LogP contribution in [0.15, 0.2) is 72.9 Å². The highest BCUT2D eigenvalue weighted by Gasteiger charge is 2.45. The third-order valence-corrected chi connectivity index (χ3v) is 7.15. The van der Waals surface area contributed by atoms with Gasteiger partial charge in [0.05, 0.1) is 32.8 Å². The number of nitrogens with one attached hydrogen (secondary N) is 1. The molecule has 38 heavy (non-hydrogen) atoms. The van der Waals surface area contributed by atoms with Crippen molar-refractivity contribution in [2.45, 2.75) is 12.0 Å². The molecule has 0 bridgehead atoms. The first-order valence-electron chi connectivity index (χ1n) is 12.4. The minimum atomic E-state index is -0.667. The first-order valence-corrected chi connectivity index (χ1v) is 12.4. The first-order chi connectivity index (χ1) is 18.5. The lowest BCUT2D eigenvalue weighted by Gasteiger charge is -2.41. The zero-order valence-electron chi connectivity index (χ0n) is 21.9. The highest BCUT2D eigenvalue weighted by atomic mass is 16.5. The number of hydrogen-bond acceptors (Lipinski definition) is 5. The molecule has 3 aromatic carbocycles. The van der Waals surface area contributed by atoms with E-state index in [9.17, 15) is 9.59 Å². The molecule has 1 aliphatic rings. The predicted octanol–water partition coefficient (Wildman–Crippen LogP) is 4.76. The molecule has 0 saturated heterocycles. The number of aryl methyl sites for hydroxylation is 1. The maximum atomic E-state index is 14.2. The molecule has 0 spiro atoms. The van der Waals surface area contributed by atoms with E-state index in [4.69, 9.17) is 14.2 Å². The van der Waals surface area contributed by atoms with E-state index in [1.54, 1.807) is 50.5 Å². The number of amides is 2. The Kier molecular flexibility index (Phi) is 7.07. The van der Waals surface area contributed by atoms with Gasteiger partial charge in [-0.2, -0.15) is 0 Å². The molecule has 2 heterocycles. The smallest absolute Gasteiger partial charge is 0.254 e. The van der Waals surface area contributed by atoms with E-state index < -0.39 is 12.0 Å². The normalized spacial score (nSPS) is 16.8. The molecule has 2 amide bonds. The number of methoxy groups -OCH3 is 3. The summed E-state index contributed by atoms with van der Waals surface area (Å²) in [7, 11) is 6.70. The molecule has 4 aromatic rings. The van der Waals surface area contributed by atoms with Crippen LogP contribution in [0.5, 0.6) is 11.5 Å². The van der Waals surface area contributed by atoms with Crippen LogP contribution in [-0.2, 0) is 16.6 Å². The van der Waals surface area contributed by atoms with E-state index in [1.165, 1.54) is 0 Å². The second-order valence-electron chi connectivity index (χ2n) is 9.27. The fourth-order valence-electron chi connectivity index (χ4n) is 5.40. The number of nitrogens with zero attached hydrogens (tertiary/aromatic N) is 2. The molecular weight excluding hydrogens is 482 g/mol. The molecule has 196 valence electrons. The monoisotopic (exact) mass is 513 g/mol. The quantitative estimate of drug-likeness (QED) is 0.367. The molecule has 1 N–H and O–H groups in total. The van der Waals surface area contributed by atoms with Crippen LogP contribution in [0.1, 0.15) is 33.4 Å². The van der Waals surface area contributed by atoms with E-state index in [0.717, 1.165) is 16.5 Å². The minimum absolute atomic E-state index is 0.120. The van der Waals surface area contributed by atoms with Crippen LogP contribution < -0.4 is 14.8 Å². The van der Waals surface area contributed by atoms with Gasteiger partial charge in [0.25, 0.3) is 5.91 Å². The Morgan fingerprint density at radius 1 is 0.921 bits per heavy atom. The Morgan fingerprint density at radius 2 is 1.66 bits per heavy atom. The number of fused-ring (bicyclic) bond motifs is 2. The molecule has 0 aliphatic carbocycles. The Balaban J connectivity index is 1.66. The number of carbonyl (C=O) groups is 2. The van der Waals surface area contributed by atoms with Crippen LogP contribution in [0.4, 0.5) is 5.69 Å². The molecule has 2 atom stereocenters. The van der Waals surface area contributed by atoms with E-state index in [-0.39, 0.29) is 11.8 Å². The zero-order valence-corrected chi connectivity index (χ0v) is 21.9. The van der Waals surface area contributed by atoms with Crippen LogP contribution in [-0.4, -0.2) is 55.8 Å². The largest absolute Gasteiger partial charge is 0.493 e. The summed E-state index contributed by atoms with van der Waals surface area (Å²) < 4.78 is 18.2. The lowest BCUT2D eigenvalue weighted by Crippen LogP contribution is -2.47. The van der Waals surface area contributed by atoms with Gasteiger partial charge in [-0.3, -0.25) is 9.59 Å². The van der Waals surface area contributed by atoms with Gasteiger partial charge in [-0.25, -0.2) is 0 Å². The van der Waals surface area contributed by atoms with E-state index >= 15 is 0 Å². The summed E-state index contributed by atoms with van der Waals surface area (Å²) in [6.07, 6.45) is 2.02. The van der Waals surface area contributed by atoms with E-state index in [0.29, 0.717) is 41.5 Å². The van der Waals surface area contributed by atoms with Crippen LogP contribution in [0.3, 0.4) is 0 Å². The lowest BCUT2D eigenvalue weighted by atomic mass is 9.79. The maximum Gasteiger partial charge on any atom is 0.254 e. The van der Waals surface area contributed by atoms with Crippen molar-refractivity contribution >= 4 is 28.4 Å². The van der Waals surface area contributed by atoms with Crippen molar-refractivity contribution in [1.82, 2.24) is 9.47 Å². The number of anilines is 1. The molecule has 8 nitrogen and oxygen atoms in total. The van der Waals surface area contributed by atoms with Crippen LogP contribution >= 0.6 is 0 Å². The third-order valence-electron chi connectivity index (χ3n) is 7.15. The number of benzene rings is 3. The predicted molar refractivity (Wildman–Crippen MR) is 146 cm³/mol. The molecule has 1 aliphatic heterocycles. The van der Waals surface area contributed by atoms with Gasteiger partial charge in [-0.05, 0) is 29.8 Å². The highest BCUT2D eigenvalue weighted by Crippen LogP contribution is 2.45. The van der Waals surface area contributed by atoms with Crippen LogP contribution in [0, 0.1) is 0 Å². The second-order valence-corrected chi connectivity index (χ2v) is 9.27. The number of carbonyl (C=O) groups excluding carboxylic acids is 2. The van der Waals surface area contributed by atoms with Crippen molar-refractivity contribution in [3.63, 3.8) is 0 Å². The Bertz CT molecular complexity index is 1490. The van der Waals surface area contributed by atoms with Crippen LogP contribution in [0.2, 0.25) is 0 Å². The number of hydrogen-bond donors (Lipinski definition) is 1. The van der Waals surface area contributed by atoms with Gasteiger partial charge >= 0.3 is 0 Å². The van der Waals surface area contributed by atoms with Gasteiger partial charge in [0.15, 0.2) is 11.5 Å². The second kappa shape index (κ2) is 10.6. The summed E-state index contributed by atoms with van der Waals surface area (Å²) in [5.74, 6) is 0.0678. The fraction of sp³-hybridized carbons (Fsp3) is 0.267. The molecule has 5 rings (SSSR count). The topological polar surface area (TPSA) is 82.0 Å². The van der Waals surface area contributed by atoms with Crippen molar-refractivity contribution in [3.05, 3.63) is 89.6 Å². The third kappa shape index (κ3) is 4.37. The molecule has 0 fully saturated rings. The van der Waals surface area contributed by atoms with Crippen molar-refractivity contribution in [2.75, 3.05) is 39.8 Å². The van der Waals surface area contributed by atoms with Gasteiger partial charge in [0.2, 0.25) is 5.91 Å². The highest BCUT2D eigenvalue weighted by molar-refractivity contribution is 6.05. The average molecular weight is 514 g/mol. The Hall–Kier alpha value is -4.30. The summed E-state index contributed by atoms with van der Waals surface area (Å²) in [5.41, 5.74) is 3.73. The Morgan fingerprint density at radius 3 is 2.42 bits per heavy atom. The van der Waals surface area contributed by atoms with E-state index in [1.807, 2.05) is 60.3 Å². The van der Waals surface area contributed by atoms with E-state index in [2.05, 4.69) is 5.32 Å². The van der Waals surface area contributed by atoms with Crippen molar-refractivity contribution in [2.24, 2.45) is 7.05 Å². The molecule has 0 saturated carbocycles. The van der Waals surface area contributed by atoms with Gasteiger partial charge in [-0.15, -0.1) is 0 Å². The first kappa shape index (κ1) is 25.4.